The van der Waals surface area contributed by atoms with E-state index in [2.05, 4.69) is 12.1 Å². The minimum absolute atomic E-state index is 0.341. The molecule has 2 aromatic carbocycles. The Kier molecular flexibility index (Phi) is 3.65. The minimum Gasteiger partial charge on any atom is -0.443 e. The molecule has 1 aliphatic heterocycles. The zero-order chi connectivity index (χ0) is 15.9. The molecule has 1 amide bonds. The zero-order valence-corrected chi connectivity index (χ0v) is 14.0. The van der Waals surface area contributed by atoms with Gasteiger partial charge in [0.1, 0.15) is 5.60 Å². The van der Waals surface area contributed by atoms with Gasteiger partial charge in [-0.25, -0.2) is 9.69 Å². The fourth-order valence-corrected chi connectivity index (χ4v) is 3.41. The Morgan fingerprint density at radius 1 is 1.05 bits per heavy atom. The molecule has 0 fully saturated rings. The maximum Gasteiger partial charge on any atom is 0.419 e. The van der Waals surface area contributed by atoms with Crippen LogP contribution in [0.25, 0.3) is 0 Å². The van der Waals surface area contributed by atoms with Crippen LogP contribution < -0.4 is 4.90 Å². The lowest BCUT2D eigenvalue weighted by Gasteiger charge is -2.32. The second kappa shape index (κ2) is 5.36. The molecule has 0 aromatic heterocycles. The second-order valence-electron chi connectivity index (χ2n) is 6.36. The summed E-state index contributed by atoms with van der Waals surface area (Å²) in [6.45, 7) is 7.67. The first kappa shape index (κ1) is 15.0. The molecule has 2 aromatic rings. The van der Waals surface area contributed by atoms with Crippen LogP contribution in [0, 0.1) is 6.92 Å². The summed E-state index contributed by atoms with van der Waals surface area (Å²) >= 11 is 1.68. The van der Waals surface area contributed by atoms with Gasteiger partial charge in [-0.3, -0.25) is 0 Å². The van der Waals surface area contributed by atoms with Gasteiger partial charge >= 0.3 is 6.09 Å². The molecule has 1 heterocycles. The van der Waals surface area contributed by atoms with Crippen molar-refractivity contribution in [3.05, 3.63) is 48.0 Å². The number of hydrogen-bond donors (Lipinski definition) is 0. The summed E-state index contributed by atoms with van der Waals surface area (Å²) < 4.78 is 5.61. The molecule has 114 valence electrons. The Balaban J connectivity index is 2.11. The number of rotatable bonds is 0. The van der Waals surface area contributed by atoms with Crippen molar-refractivity contribution in [3.63, 3.8) is 0 Å². The van der Waals surface area contributed by atoms with Gasteiger partial charge in [0.15, 0.2) is 0 Å². The van der Waals surface area contributed by atoms with Gasteiger partial charge in [-0.05, 0) is 57.5 Å². The predicted molar refractivity (Wildman–Crippen MR) is 90.1 cm³/mol. The van der Waals surface area contributed by atoms with Crippen molar-refractivity contribution in [3.8, 4) is 0 Å². The van der Waals surface area contributed by atoms with E-state index in [1.165, 1.54) is 0 Å². The topological polar surface area (TPSA) is 29.5 Å². The Morgan fingerprint density at radius 2 is 1.73 bits per heavy atom. The number of aryl methyl sites for hydroxylation is 1. The highest BCUT2D eigenvalue weighted by molar-refractivity contribution is 7.99. The van der Waals surface area contributed by atoms with Gasteiger partial charge in [0, 0.05) is 9.79 Å². The highest BCUT2D eigenvalue weighted by atomic mass is 32.2. The highest BCUT2D eigenvalue weighted by Crippen LogP contribution is 2.48. The number of anilines is 2. The molecule has 0 saturated carbocycles. The second-order valence-corrected chi connectivity index (χ2v) is 7.44. The zero-order valence-electron chi connectivity index (χ0n) is 13.2. The van der Waals surface area contributed by atoms with Gasteiger partial charge < -0.3 is 4.74 Å². The van der Waals surface area contributed by atoms with Gasteiger partial charge in [0.25, 0.3) is 0 Å². The SMILES string of the molecule is Cc1ccc2c(c1)N(C(=O)OC(C)(C)C)c1ccccc1S2. The molecule has 1 aliphatic rings. The normalized spacial score (nSPS) is 13.4. The fourth-order valence-electron chi connectivity index (χ4n) is 2.37. The molecule has 0 bridgehead atoms. The number of benzene rings is 2. The average Bonchev–Trinajstić information content (AvgIpc) is 2.42. The summed E-state index contributed by atoms with van der Waals surface area (Å²) in [6.07, 6.45) is -0.341. The van der Waals surface area contributed by atoms with Crippen molar-refractivity contribution in [2.45, 2.75) is 43.1 Å². The summed E-state index contributed by atoms with van der Waals surface area (Å²) in [7, 11) is 0. The first-order valence-corrected chi connectivity index (χ1v) is 8.07. The lowest BCUT2D eigenvalue weighted by atomic mass is 10.1. The van der Waals surface area contributed by atoms with Crippen molar-refractivity contribution in [2.75, 3.05) is 4.90 Å². The molecule has 22 heavy (non-hydrogen) atoms. The van der Waals surface area contributed by atoms with Gasteiger partial charge in [-0.15, -0.1) is 0 Å². The van der Waals surface area contributed by atoms with E-state index < -0.39 is 5.60 Å². The third-order valence-electron chi connectivity index (χ3n) is 3.26. The van der Waals surface area contributed by atoms with Gasteiger partial charge in [0.05, 0.1) is 11.4 Å². The fraction of sp³-hybridized carbons (Fsp3) is 0.278. The van der Waals surface area contributed by atoms with Crippen molar-refractivity contribution in [1.29, 1.82) is 0 Å². The van der Waals surface area contributed by atoms with E-state index in [9.17, 15) is 4.79 Å². The van der Waals surface area contributed by atoms with E-state index in [1.807, 2.05) is 58.0 Å². The summed E-state index contributed by atoms with van der Waals surface area (Å²) in [5, 5.41) is 0. The third kappa shape index (κ3) is 2.83. The highest BCUT2D eigenvalue weighted by Gasteiger charge is 2.31. The quantitative estimate of drug-likeness (QED) is 0.640. The number of amides is 1. The van der Waals surface area contributed by atoms with Gasteiger partial charge in [-0.2, -0.15) is 0 Å². The van der Waals surface area contributed by atoms with Crippen LogP contribution in [0.1, 0.15) is 26.3 Å². The van der Waals surface area contributed by atoms with Crippen LogP contribution in [-0.2, 0) is 4.74 Å². The number of carbonyl (C=O) groups excluding carboxylic acids is 1. The number of ether oxygens (including phenoxy) is 1. The van der Waals surface area contributed by atoms with Crippen LogP contribution in [0.5, 0.6) is 0 Å². The Labute approximate surface area is 135 Å². The van der Waals surface area contributed by atoms with Crippen molar-refractivity contribution in [1.82, 2.24) is 0 Å². The van der Waals surface area contributed by atoms with Crippen LogP contribution in [0.2, 0.25) is 0 Å². The van der Waals surface area contributed by atoms with Crippen LogP contribution in [-0.4, -0.2) is 11.7 Å². The van der Waals surface area contributed by atoms with Crippen molar-refractivity contribution >= 4 is 29.2 Å². The maximum absolute atomic E-state index is 12.7. The average molecular weight is 313 g/mol. The van der Waals surface area contributed by atoms with Crippen molar-refractivity contribution < 1.29 is 9.53 Å². The van der Waals surface area contributed by atoms with Crippen LogP contribution in [0.4, 0.5) is 16.2 Å². The molecular weight excluding hydrogens is 294 g/mol. The summed E-state index contributed by atoms with van der Waals surface area (Å²) in [5.74, 6) is 0. The Hall–Kier alpha value is -1.94. The van der Waals surface area contributed by atoms with E-state index in [1.54, 1.807) is 16.7 Å². The maximum atomic E-state index is 12.7. The smallest absolute Gasteiger partial charge is 0.419 e. The van der Waals surface area contributed by atoms with E-state index in [0.29, 0.717) is 0 Å². The number of nitrogens with zero attached hydrogens (tertiary/aromatic N) is 1. The third-order valence-corrected chi connectivity index (χ3v) is 4.39. The molecule has 0 spiro atoms. The Bertz CT molecular complexity index is 734. The first-order chi connectivity index (χ1) is 10.3. The van der Waals surface area contributed by atoms with Gasteiger partial charge in [0.2, 0.25) is 0 Å². The molecule has 0 atom stereocenters. The van der Waals surface area contributed by atoms with E-state index >= 15 is 0 Å². The van der Waals surface area contributed by atoms with Crippen LogP contribution in [0.15, 0.2) is 52.3 Å². The molecule has 0 saturated heterocycles. The van der Waals surface area contributed by atoms with Crippen LogP contribution >= 0.6 is 11.8 Å². The number of carbonyl (C=O) groups is 1. The molecular formula is C18H19NO2S. The molecule has 3 rings (SSSR count). The predicted octanol–water partition coefficient (Wildman–Crippen LogP) is 5.53. The largest absolute Gasteiger partial charge is 0.443 e. The summed E-state index contributed by atoms with van der Waals surface area (Å²) in [6, 6.07) is 14.1. The summed E-state index contributed by atoms with van der Waals surface area (Å²) in [5.41, 5.74) is 2.35. The number of hydrogen-bond acceptors (Lipinski definition) is 3. The lowest BCUT2D eigenvalue weighted by Crippen LogP contribution is -2.35. The standard InChI is InChI=1S/C18H19NO2S/c1-12-9-10-16-14(11-12)19(17(20)21-18(2,3)4)13-7-5-6-8-15(13)22-16/h5-11H,1-4H3. The lowest BCUT2D eigenvalue weighted by molar-refractivity contribution is 0.0597. The van der Waals surface area contributed by atoms with Crippen LogP contribution in [0.3, 0.4) is 0 Å². The van der Waals surface area contributed by atoms with E-state index in [0.717, 1.165) is 26.7 Å². The molecule has 0 N–H and O–H groups in total. The number of para-hydroxylation sites is 1. The first-order valence-electron chi connectivity index (χ1n) is 7.26. The van der Waals surface area contributed by atoms with Gasteiger partial charge in [-0.1, -0.05) is 30.0 Å². The molecule has 0 aliphatic carbocycles. The Morgan fingerprint density at radius 3 is 2.45 bits per heavy atom. The summed E-state index contributed by atoms with van der Waals surface area (Å²) in [4.78, 5) is 16.5. The molecule has 3 nitrogen and oxygen atoms in total. The van der Waals surface area contributed by atoms with Crippen molar-refractivity contribution in [2.24, 2.45) is 0 Å². The molecule has 0 radical (unpaired) electrons. The van der Waals surface area contributed by atoms with E-state index in [-0.39, 0.29) is 6.09 Å². The van der Waals surface area contributed by atoms with E-state index in [4.69, 9.17) is 4.74 Å². The minimum atomic E-state index is -0.527. The molecule has 0 unspecified atom stereocenters. The monoisotopic (exact) mass is 313 g/mol. The number of fused-ring (bicyclic) bond motifs is 2. The molecule has 4 heteroatoms.